The summed E-state index contributed by atoms with van der Waals surface area (Å²) in [7, 11) is 0. The molecule has 16 nitrogen and oxygen atoms in total. The van der Waals surface area contributed by atoms with Gasteiger partial charge in [-0.3, -0.25) is 0 Å². The molecule has 3 aliphatic rings. The van der Waals surface area contributed by atoms with Crippen LogP contribution in [0.4, 0.5) is 0 Å². The van der Waals surface area contributed by atoms with Crippen LogP contribution in [0.25, 0.3) is 0 Å². The summed E-state index contributed by atoms with van der Waals surface area (Å²) in [6.07, 6.45) is -24.9. The minimum atomic E-state index is -1.87. The van der Waals surface area contributed by atoms with Crippen LogP contribution in [-0.2, 0) is 23.7 Å². The van der Waals surface area contributed by atoms with Gasteiger partial charge in [0.15, 0.2) is 18.9 Å². The number of hydrogen-bond acceptors (Lipinski definition) is 16. The minimum Gasteiger partial charge on any atom is -0.394 e. The Balaban J connectivity index is 1.66. The van der Waals surface area contributed by atoms with Crippen molar-refractivity contribution in [2.75, 3.05) is 19.8 Å². The average molecular weight is 504 g/mol. The van der Waals surface area contributed by atoms with Crippen molar-refractivity contribution in [3.05, 3.63) is 0 Å². The Hall–Kier alpha value is -0.640. The van der Waals surface area contributed by atoms with E-state index in [9.17, 15) is 56.2 Å². The van der Waals surface area contributed by atoms with E-state index in [1.807, 2.05) is 0 Å². The van der Waals surface area contributed by atoms with Crippen molar-refractivity contribution in [2.45, 2.75) is 92.1 Å². The standard InChI is InChI=1S/C18H32O16/c19-1-4-7(21)9(23)13(27)17(32-4)30-3-6-8(22)10(24)14(28)18(33-6)34-15-5(2-20)31-16(29)12(26)11(15)25/h4-29H,1-3H2/t4-,5-,6-,7+,8+,9+,10+,11-,12-,13-,14-,15-,16+,17-,18+/m1/s1. The van der Waals surface area contributed by atoms with E-state index in [-0.39, 0.29) is 0 Å². The number of ether oxygens (including phenoxy) is 5. The predicted octanol–water partition coefficient (Wildman–Crippen LogP) is -7.57. The van der Waals surface area contributed by atoms with Gasteiger partial charge in [-0.15, -0.1) is 0 Å². The van der Waals surface area contributed by atoms with Gasteiger partial charge in [-0.25, -0.2) is 0 Å². The van der Waals surface area contributed by atoms with Crippen LogP contribution in [0.3, 0.4) is 0 Å². The first-order valence-electron chi connectivity index (χ1n) is 10.6. The molecule has 0 spiro atoms. The number of rotatable bonds is 7. The molecule has 0 bridgehead atoms. The van der Waals surface area contributed by atoms with Gasteiger partial charge >= 0.3 is 0 Å². The molecule has 0 aliphatic carbocycles. The second-order valence-corrected chi connectivity index (χ2v) is 8.37. The molecule has 0 saturated carbocycles. The molecular weight excluding hydrogens is 472 g/mol. The molecule has 34 heavy (non-hydrogen) atoms. The molecule has 11 N–H and O–H groups in total. The first-order chi connectivity index (χ1) is 16.0. The van der Waals surface area contributed by atoms with Crippen LogP contribution in [0, 0.1) is 0 Å². The van der Waals surface area contributed by atoms with Crippen LogP contribution in [-0.4, -0.2) is 168 Å². The summed E-state index contributed by atoms with van der Waals surface area (Å²) >= 11 is 0. The molecule has 3 aliphatic heterocycles. The van der Waals surface area contributed by atoms with Gasteiger partial charge in [-0.1, -0.05) is 0 Å². The second kappa shape index (κ2) is 11.6. The van der Waals surface area contributed by atoms with E-state index in [4.69, 9.17) is 23.7 Å². The summed E-state index contributed by atoms with van der Waals surface area (Å²) in [5.74, 6) is 0. The fraction of sp³-hybridized carbons (Fsp3) is 1.00. The molecule has 3 fully saturated rings. The van der Waals surface area contributed by atoms with Crippen LogP contribution in [0.1, 0.15) is 0 Å². The Kier molecular flexibility index (Phi) is 9.54. The van der Waals surface area contributed by atoms with Gasteiger partial charge in [0, 0.05) is 0 Å². The van der Waals surface area contributed by atoms with Crippen molar-refractivity contribution >= 4 is 0 Å². The van der Waals surface area contributed by atoms with Gasteiger partial charge in [-0.2, -0.15) is 0 Å². The second-order valence-electron chi connectivity index (χ2n) is 8.37. The third-order valence-electron chi connectivity index (χ3n) is 6.07. The summed E-state index contributed by atoms with van der Waals surface area (Å²) in [6.45, 7) is -2.07. The monoisotopic (exact) mass is 504 g/mol. The van der Waals surface area contributed by atoms with Crippen LogP contribution < -0.4 is 0 Å². The van der Waals surface area contributed by atoms with Gasteiger partial charge in [0.05, 0.1) is 19.8 Å². The molecular formula is C18H32O16. The topological polar surface area (TPSA) is 269 Å². The molecule has 0 amide bonds. The Morgan fingerprint density at radius 2 is 1.03 bits per heavy atom. The summed E-state index contributed by atoms with van der Waals surface area (Å²) < 4.78 is 26.3. The van der Waals surface area contributed by atoms with Crippen molar-refractivity contribution < 1.29 is 79.9 Å². The van der Waals surface area contributed by atoms with E-state index < -0.39 is 112 Å². The van der Waals surface area contributed by atoms with Crippen LogP contribution in [0.2, 0.25) is 0 Å². The Morgan fingerprint density at radius 1 is 0.500 bits per heavy atom. The minimum absolute atomic E-state index is 0.609. The highest BCUT2D eigenvalue weighted by molar-refractivity contribution is 4.94. The highest BCUT2D eigenvalue weighted by Crippen LogP contribution is 2.29. The van der Waals surface area contributed by atoms with Gasteiger partial charge in [-0.05, 0) is 0 Å². The van der Waals surface area contributed by atoms with Gasteiger partial charge in [0.2, 0.25) is 0 Å². The maximum Gasteiger partial charge on any atom is 0.187 e. The highest BCUT2D eigenvalue weighted by Gasteiger charge is 2.51. The van der Waals surface area contributed by atoms with Crippen molar-refractivity contribution in [3.63, 3.8) is 0 Å². The molecule has 0 radical (unpaired) electrons. The zero-order valence-electron chi connectivity index (χ0n) is 17.7. The lowest BCUT2D eigenvalue weighted by molar-refractivity contribution is -0.362. The molecule has 15 atom stereocenters. The van der Waals surface area contributed by atoms with E-state index in [1.54, 1.807) is 0 Å². The van der Waals surface area contributed by atoms with Gasteiger partial charge in [0.25, 0.3) is 0 Å². The molecule has 0 aromatic rings. The zero-order valence-corrected chi connectivity index (χ0v) is 17.7. The van der Waals surface area contributed by atoms with Gasteiger partial charge in [0.1, 0.15) is 73.2 Å². The van der Waals surface area contributed by atoms with Crippen molar-refractivity contribution in [2.24, 2.45) is 0 Å². The van der Waals surface area contributed by atoms with Crippen LogP contribution in [0.15, 0.2) is 0 Å². The smallest absolute Gasteiger partial charge is 0.187 e. The summed E-state index contributed by atoms with van der Waals surface area (Å²) in [4.78, 5) is 0. The largest absolute Gasteiger partial charge is 0.394 e. The summed E-state index contributed by atoms with van der Waals surface area (Å²) in [5.41, 5.74) is 0. The summed E-state index contributed by atoms with van der Waals surface area (Å²) in [5, 5.41) is 109. The van der Waals surface area contributed by atoms with Crippen LogP contribution in [0.5, 0.6) is 0 Å². The number of aliphatic hydroxyl groups is 11. The molecule has 3 heterocycles. The lowest BCUT2D eigenvalue weighted by Gasteiger charge is -2.45. The summed E-state index contributed by atoms with van der Waals surface area (Å²) in [6, 6.07) is 0. The molecule has 0 aromatic carbocycles. The molecule has 0 aromatic heterocycles. The molecule has 16 heteroatoms. The van der Waals surface area contributed by atoms with E-state index in [0.717, 1.165) is 0 Å². The first kappa shape index (κ1) is 27.9. The Bertz CT molecular complexity index is 637. The zero-order chi connectivity index (χ0) is 25.3. The quantitative estimate of drug-likeness (QED) is 0.154. The van der Waals surface area contributed by atoms with E-state index >= 15 is 0 Å². The Morgan fingerprint density at radius 3 is 1.62 bits per heavy atom. The lowest BCUT2D eigenvalue weighted by Crippen LogP contribution is -2.65. The van der Waals surface area contributed by atoms with Gasteiger partial charge < -0.3 is 79.9 Å². The fourth-order valence-corrected chi connectivity index (χ4v) is 3.95. The van der Waals surface area contributed by atoms with Crippen LogP contribution >= 0.6 is 0 Å². The SMILES string of the molecule is OC[C@H]1O[C@@H](OC[C@H]2O[C@@H](O[C@H]3[C@H](O)[C@@H](O)[C@@H](O)O[C@@H]3CO)[C@H](O)[C@@H](O)[C@H]2O)[C@H](O)[C@@H](O)[C@H]1O. The van der Waals surface area contributed by atoms with E-state index in [2.05, 4.69) is 0 Å². The fourth-order valence-electron chi connectivity index (χ4n) is 3.95. The maximum absolute atomic E-state index is 10.3. The van der Waals surface area contributed by atoms with E-state index in [1.165, 1.54) is 0 Å². The lowest BCUT2D eigenvalue weighted by atomic mass is 9.97. The number of aliphatic hydroxyl groups excluding tert-OH is 11. The highest BCUT2D eigenvalue weighted by atomic mass is 16.7. The van der Waals surface area contributed by atoms with Crippen molar-refractivity contribution in [1.82, 2.24) is 0 Å². The number of hydrogen-bond donors (Lipinski definition) is 11. The third-order valence-corrected chi connectivity index (χ3v) is 6.07. The average Bonchev–Trinajstić information content (AvgIpc) is 2.82. The predicted molar refractivity (Wildman–Crippen MR) is 101 cm³/mol. The molecule has 3 saturated heterocycles. The molecule has 0 unspecified atom stereocenters. The molecule has 3 rings (SSSR count). The first-order valence-corrected chi connectivity index (χ1v) is 10.6. The van der Waals surface area contributed by atoms with Crippen molar-refractivity contribution in [1.29, 1.82) is 0 Å². The third kappa shape index (κ3) is 5.52. The normalized spacial score (nSPS) is 52.5. The Labute approximate surface area is 192 Å². The van der Waals surface area contributed by atoms with Crippen molar-refractivity contribution in [3.8, 4) is 0 Å². The maximum atomic E-state index is 10.3. The van der Waals surface area contributed by atoms with E-state index in [0.29, 0.717) is 0 Å². The molecule has 200 valence electrons.